The summed E-state index contributed by atoms with van der Waals surface area (Å²) < 4.78 is 0. The minimum Gasteiger partial charge on any atom is -0.354 e. The molecule has 1 heterocycles. The summed E-state index contributed by atoms with van der Waals surface area (Å²) in [4.78, 5) is 55.7. The molecule has 3 aromatic rings. The quantitative estimate of drug-likeness (QED) is 0.336. The van der Waals surface area contributed by atoms with Gasteiger partial charge >= 0.3 is 0 Å². The van der Waals surface area contributed by atoms with E-state index in [1.165, 1.54) is 4.90 Å². The number of nitrogens with zero attached hydrogens (tertiary/aromatic N) is 2. The predicted octanol–water partition coefficient (Wildman–Crippen LogP) is 4.78. The highest BCUT2D eigenvalue weighted by molar-refractivity contribution is 6.21. The van der Waals surface area contributed by atoms with Crippen molar-refractivity contribution < 1.29 is 19.2 Å². The van der Waals surface area contributed by atoms with Crippen LogP contribution in [-0.2, 0) is 22.6 Å². The van der Waals surface area contributed by atoms with Crippen molar-refractivity contribution in [1.29, 1.82) is 0 Å². The number of fused-ring (bicyclic) bond motifs is 1. The molecule has 0 fully saturated rings. The van der Waals surface area contributed by atoms with Crippen molar-refractivity contribution in [3.63, 3.8) is 0 Å². The van der Waals surface area contributed by atoms with E-state index in [4.69, 9.17) is 0 Å². The van der Waals surface area contributed by atoms with Crippen LogP contribution in [0, 0.1) is 12.8 Å². The molecular formula is C33H37N3O4. The van der Waals surface area contributed by atoms with E-state index in [2.05, 4.69) is 5.32 Å². The zero-order valence-corrected chi connectivity index (χ0v) is 23.4. The van der Waals surface area contributed by atoms with Gasteiger partial charge in [0.15, 0.2) is 0 Å². The number of hydrogen-bond acceptors (Lipinski definition) is 4. The Labute approximate surface area is 236 Å². The van der Waals surface area contributed by atoms with Gasteiger partial charge in [0.25, 0.3) is 11.8 Å². The smallest absolute Gasteiger partial charge is 0.261 e. The monoisotopic (exact) mass is 539 g/mol. The second-order valence-electron chi connectivity index (χ2n) is 10.8. The largest absolute Gasteiger partial charge is 0.354 e. The average molecular weight is 540 g/mol. The molecule has 40 heavy (non-hydrogen) atoms. The van der Waals surface area contributed by atoms with Crippen molar-refractivity contribution in [3.8, 4) is 0 Å². The number of amides is 4. The van der Waals surface area contributed by atoms with Crippen molar-refractivity contribution in [1.82, 2.24) is 15.1 Å². The molecule has 0 radical (unpaired) electrons. The molecular weight excluding hydrogens is 502 g/mol. The van der Waals surface area contributed by atoms with Crippen LogP contribution in [0.4, 0.5) is 0 Å². The average Bonchev–Trinajstić information content (AvgIpc) is 3.20. The van der Waals surface area contributed by atoms with Crippen molar-refractivity contribution in [2.75, 3.05) is 13.1 Å². The third-order valence-corrected chi connectivity index (χ3v) is 7.08. The molecule has 4 amide bonds. The molecule has 1 aliphatic heterocycles. The van der Waals surface area contributed by atoms with Crippen LogP contribution in [0.5, 0.6) is 0 Å². The zero-order chi connectivity index (χ0) is 28.6. The molecule has 0 saturated heterocycles. The van der Waals surface area contributed by atoms with E-state index in [0.29, 0.717) is 30.5 Å². The highest BCUT2D eigenvalue weighted by Crippen LogP contribution is 2.23. The van der Waals surface area contributed by atoms with E-state index in [1.807, 2.05) is 75.4 Å². The van der Waals surface area contributed by atoms with Crippen LogP contribution in [0.2, 0.25) is 0 Å². The van der Waals surface area contributed by atoms with Crippen LogP contribution < -0.4 is 5.32 Å². The molecule has 0 bridgehead atoms. The van der Waals surface area contributed by atoms with Gasteiger partial charge in [0.2, 0.25) is 11.8 Å². The molecule has 0 spiro atoms. The number of carbonyl (C=O) groups excluding carboxylic acids is 4. The Kier molecular flexibility index (Phi) is 9.48. The lowest BCUT2D eigenvalue weighted by molar-refractivity contribution is -0.141. The van der Waals surface area contributed by atoms with Gasteiger partial charge in [0, 0.05) is 32.5 Å². The van der Waals surface area contributed by atoms with Crippen LogP contribution in [0.3, 0.4) is 0 Å². The third kappa shape index (κ3) is 7.03. The molecule has 0 aromatic heterocycles. The zero-order valence-electron chi connectivity index (χ0n) is 23.4. The molecule has 7 heteroatoms. The topological polar surface area (TPSA) is 86.8 Å². The number of carbonyl (C=O) groups is 4. The van der Waals surface area contributed by atoms with Gasteiger partial charge in [-0.1, -0.05) is 86.1 Å². The first-order chi connectivity index (χ1) is 19.2. The lowest BCUT2D eigenvalue weighted by Crippen LogP contribution is -2.51. The minimum absolute atomic E-state index is 0.0992. The van der Waals surface area contributed by atoms with E-state index in [-0.39, 0.29) is 49.1 Å². The maximum atomic E-state index is 13.8. The van der Waals surface area contributed by atoms with E-state index in [0.717, 1.165) is 16.7 Å². The Hall–Kier alpha value is -4.26. The summed E-state index contributed by atoms with van der Waals surface area (Å²) in [6.45, 7) is 6.99. The Morgan fingerprint density at radius 1 is 0.825 bits per heavy atom. The van der Waals surface area contributed by atoms with Crippen molar-refractivity contribution in [3.05, 3.63) is 107 Å². The predicted molar refractivity (Wildman–Crippen MR) is 155 cm³/mol. The fourth-order valence-electron chi connectivity index (χ4n) is 4.84. The summed E-state index contributed by atoms with van der Waals surface area (Å²) in [7, 11) is 0. The maximum Gasteiger partial charge on any atom is 0.261 e. The molecule has 1 atom stereocenters. The SMILES string of the molecule is Cc1ccc(CN(C(=O)CCCN2C(=O)c3ccccc3C2=O)C(Cc2ccccc2)C(=O)NCC(C)C)cc1. The number of rotatable bonds is 12. The second kappa shape index (κ2) is 13.2. The molecule has 3 aromatic carbocycles. The number of aryl methyl sites for hydroxylation is 1. The highest BCUT2D eigenvalue weighted by atomic mass is 16.2. The first-order valence-corrected chi connectivity index (χ1v) is 13.9. The van der Waals surface area contributed by atoms with Crippen molar-refractivity contribution in [2.24, 2.45) is 5.92 Å². The number of nitrogens with one attached hydrogen (secondary N) is 1. The molecule has 0 aliphatic carbocycles. The molecule has 7 nitrogen and oxygen atoms in total. The van der Waals surface area contributed by atoms with Crippen LogP contribution in [0.25, 0.3) is 0 Å². The number of hydrogen-bond donors (Lipinski definition) is 1. The van der Waals surface area contributed by atoms with Crippen LogP contribution in [0.1, 0.15) is 64.1 Å². The van der Waals surface area contributed by atoms with Gasteiger partial charge in [-0.15, -0.1) is 0 Å². The van der Waals surface area contributed by atoms with Crippen molar-refractivity contribution in [2.45, 2.75) is 52.6 Å². The number of benzene rings is 3. The van der Waals surface area contributed by atoms with Crippen LogP contribution in [-0.4, -0.2) is 52.6 Å². The minimum atomic E-state index is -0.714. The normalized spacial score (nSPS) is 13.3. The Morgan fingerprint density at radius 3 is 2.02 bits per heavy atom. The first kappa shape index (κ1) is 28.7. The lowest BCUT2D eigenvalue weighted by atomic mass is 10.0. The molecule has 1 aliphatic rings. The fourth-order valence-corrected chi connectivity index (χ4v) is 4.84. The molecule has 4 rings (SSSR count). The summed E-state index contributed by atoms with van der Waals surface area (Å²) in [5.41, 5.74) is 3.78. The van der Waals surface area contributed by atoms with Gasteiger partial charge in [-0.25, -0.2) is 0 Å². The standard InChI is InChI=1S/C33H37N3O4/c1-23(2)21-34-31(38)29(20-25-10-5-4-6-11-25)36(22-26-17-15-24(3)16-18-26)30(37)14-9-19-35-32(39)27-12-7-8-13-28(27)33(35)40/h4-8,10-13,15-18,23,29H,9,14,19-22H2,1-3H3,(H,34,38). The molecule has 0 saturated carbocycles. The Balaban J connectivity index is 1.53. The molecule has 1 N–H and O–H groups in total. The number of imide groups is 1. The van der Waals surface area contributed by atoms with Gasteiger partial charge in [-0.3, -0.25) is 24.1 Å². The van der Waals surface area contributed by atoms with Gasteiger partial charge in [0.1, 0.15) is 6.04 Å². The summed E-state index contributed by atoms with van der Waals surface area (Å²) in [5.74, 6) is -0.794. The van der Waals surface area contributed by atoms with E-state index < -0.39 is 6.04 Å². The van der Waals surface area contributed by atoms with Crippen LogP contribution >= 0.6 is 0 Å². The van der Waals surface area contributed by atoms with Gasteiger partial charge in [0.05, 0.1) is 11.1 Å². The maximum absolute atomic E-state index is 13.8. The van der Waals surface area contributed by atoms with Gasteiger partial charge in [-0.05, 0) is 42.5 Å². The highest BCUT2D eigenvalue weighted by Gasteiger charge is 2.35. The van der Waals surface area contributed by atoms with Crippen LogP contribution in [0.15, 0.2) is 78.9 Å². The lowest BCUT2D eigenvalue weighted by Gasteiger charge is -2.32. The molecule has 1 unspecified atom stereocenters. The van der Waals surface area contributed by atoms with E-state index >= 15 is 0 Å². The first-order valence-electron chi connectivity index (χ1n) is 13.9. The van der Waals surface area contributed by atoms with Gasteiger partial charge in [-0.2, -0.15) is 0 Å². The summed E-state index contributed by atoms with van der Waals surface area (Å²) >= 11 is 0. The summed E-state index contributed by atoms with van der Waals surface area (Å²) in [6.07, 6.45) is 0.781. The Bertz CT molecular complexity index is 1320. The Morgan fingerprint density at radius 2 is 1.43 bits per heavy atom. The summed E-state index contributed by atoms with van der Waals surface area (Å²) in [5, 5.41) is 3.02. The summed E-state index contributed by atoms with van der Waals surface area (Å²) in [6, 6.07) is 23.7. The third-order valence-electron chi connectivity index (χ3n) is 7.08. The van der Waals surface area contributed by atoms with Crippen molar-refractivity contribution >= 4 is 23.6 Å². The van der Waals surface area contributed by atoms with Gasteiger partial charge < -0.3 is 10.2 Å². The fraction of sp³-hybridized carbons (Fsp3) is 0.333. The van der Waals surface area contributed by atoms with E-state index in [1.54, 1.807) is 29.2 Å². The second-order valence-corrected chi connectivity index (χ2v) is 10.8. The molecule has 208 valence electrons. The van der Waals surface area contributed by atoms with E-state index in [9.17, 15) is 19.2 Å².